The van der Waals surface area contributed by atoms with Gasteiger partial charge in [-0.05, 0) is 64.6 Å². The van der Waals surface area contributed by atoms with Crippen molar-refractivity contribution in [2.24, 2.45) is 0 Å². The first-order valence-corrected chi connectivity index (χ1v) is 12.9. The van der Waals surface area contributed by atoms with Crippen molar-refractivity contribution in [1.82, 2.24) is 39.3 Å². The van der Waals surface area contributed by atoms with Crippen LogP contribution in [0.25, 0.3) is 28.3 Å². The number of imidazole rings is 1. The Kier molecular flexibility index (Phi) is 7.39. The lowest BCUT2D eigenvalue weighted by Crippen LogP contribution is -2.26. The Bertz CT molecular complexity index is 1510. The fraction of sp³-hybridized carbons (Fsp3) is 0.321. The molecule has 0 unspecified atom stereocenters. The molecule has 1 N–H and O–H groups in total. The molecule has 0 spiro atoms. The van der Waals surface area contributed by atoms with E-state index in [0.29, 0.717) is 12.4 Å². The summed E-state index contributed by atoms with van der Waals surface area (Å²) in [6, 6.07) is 14.0. The maximum Gasteiger partial charge on any atom is 0.334 e. The fourth-order valence-corrected chi connectivity index (χ4v) is 4.74. The summed E-state index contributed by atoms with van der Waals surface area (Å²) in [6.45, 7) is 5.66. The van der Waals surface area contributed by atoms with Crippen LogP contribution in [-0.4, -0.2) is 39.3 Å². The predicted molar refractivity (Wildman–Crippen MR) is 143 cm³/mol. The van der Waals surface area contributed by atoms with Gasteiger partial charge in [-0.15, -0.1) is 5.10 Å². The number of aryl methyl sites for hydroxylation is 2. The molecule has 190 valence electrons. The second-order valence-electron chi connectivity index (χ2n) is 9.20. The number of tetrazole rings is 1. The van der Waals surface area contributed by atoms with Crippen LogP contribution in [0.2, 0.25) is 0 Å². The van der Waals surface area contributed by atoms with E-state index in [0.717, 1.165) is 72.4 Å². The zero-order chi connectivity index (χ0) is 25.6. The van der Waals surface area contributed by atoms with E-state index >= 15 is 0 Å². The molecule has 37 heavy (non-hydrogen) atoms. The molecule has 0 aliphatic heterocycles. The highest BCUT2D eigenvalue weighted by molar-refractivity contribution is 5.81. The van der Waals surface area contributed by atoms with Gasteiger partial charge in [0.2, 0.25) is 0 Å². The lowest BCUT2D eigenvalue weighted by molar-refractivity contribution is 0.614. The maximum absolute atomic E-state index is 13.8. The number of rotatable bonds is 11. The summed E-state index contributed by atoms with van der Waals surface area (Å²) in [5.41, 5.74) is 4.82. The lowest BCUT2D eigenvalue weighted by Gasteiger charge is -2.14. The van der Waals surface area contributed by atoms with Crippen molar-refractivity contribution < 1.29 is 0 Å². The van der Waals surface area contributed by atoms with E-state index in [9.17, 15) is 4.79 Å². The van der Waals surface area contributed by atoms with E-state index in [1.165, 1.54) is 0 Å². The first kappa shape index (κ1) is 24.4. The van der Waals surface area contributed by atoms with E-state index in [1.54, 1.807) is 10.8 Å². The van der Waals surface area contributed by atoms with Gasteiger partial charge in [-0.3, -0.25) is 14.1 Å². The molecule has 0 aliphatic rings. The number of hydrogen-bond acceptors (Lipinski definition) is 5. The maximum atomic E-state index is 13.8. The zero-order valence-corrected chi connectivity index (χ0v) is 21.3. The monoisotopic (exact) mass is 496 g/mol. The van der Waals surface area contributed by atoms with E-state index < -0.39 is 0 Å². The molecule has 5 aromatic rings. The van der Waals surface area contributed by atoms with Gasteiger partial charge in [0.1, 0.15) is 5.82 Å². The summed E-state index contributed by atoms with van der Waals surface area (Å²) in [5, 5.41) is 14.5. The number of unbranched alkanes of at least 4 members (excludes halogenated alkanes) is 2. The number of H-pyrrole nitrogens is 1. The molecule has 4 heterocycles. The van der Waals surface area contributed by atoms with Crippen LogP contribution in [0.15, 0.2) is 72.0 Å². The second-order valence-corrected chi connectivity index (χ2v) is 9.20. The van der Waals surface area contributed by atoms with Crippen LogP contribution in [0.3, 0.4) is 0 Å². The van der Waals surface area contributed by atoms with Gasteiger partial charge in [0, 0.05) is 42.6 Å². The fourth-order valence-electron chi connectivity index (χ4n) is 4.74. The van der Waals surface area contributed by atoms with Crippen LogP contribution in [0.4, 0.5) is 0 Å². The Balaban J connectivity index is 1.58. The quantitative estimate of drug-likeness (QED) is 0.281. The highest BCUT2D eigenvalue weighted by Gasteiger charge is 2.18. The van der Waals surface area contributed by atoms with Crippen LogP contribution in [0.5, 0.6) is 0 Å². The van der Waals surface area contributed by atoms with Gasteiger partial charge in [-0.1, -0.05) is 51.0 Å². The molecule has 9 nitrogen and oxygen atoms in total. The number of nitrogens with zero attached hydrogens (tertiary/aromatic N) is 7. The van der Waals surface area contributed by atoms with Crippen LogP contribution >= 0.6 is 0 Å². The largest absolute Gasteiger partial charge is 0.334 e. The highest BCUT2D eigenvalue weighted by atomic mass is 16.1. The predicted octanol–water partition coefficient (Wildman–Crippen LogP) is 4.87. The third-order valence-electron chi connectivity index (χ3n) is 6.70. The summed E-state index contributed by atoms with van der Waals surface area (Å²) in [4.78, 5) is 18.3. The molecule has 0 bridgehead atoms. The van der Waals surface area contributed by atoms with Crippen molar-refractivity contribution in [1.29, 1.82) is 0 Å². The Hall–Kier alpha value is -4.27. The van der Waals surface area contributed by atoms with Gasteiger partial charge >= 0.3 is 5.69 Å². The van der Waals surface area contributed by atoms with E-state index in [4.69, 9.17) is 0 Å². The van der Waals surface area contributed by atoms with Gasteiger partial charge < -0.3 is 4.57 Å². The number of aromatic amines is 1. The van der Waals surface area contributed by atoms with E-state index in [2.05, 4.69) is 50.2 Å². The van der Waals surface area contributed by atoms with Crippen molar-refractivity contribution in [2.75, 3.05) is 0 Å². The van der Waals surface area contributed by atoms with Crippen LogP contribution < -0.4 is 5.69 Å². The first-order valence-electron chi connectivity index (χ1n) is 12.9. The molecule has 5 rings (SSSR count). The van der Waals surface area contributed by atoms with Crippen LogP contribution in [0, 0.1) is 0 Å². The number of hydrogen-bond donors (Lipinski definition) is 1. The van der Waals surface area contributed by atoms with E-state index in [1.807, 2.05) is 59.4 Å². The number of benzene rings is 1. The molecule has 1 aromatic carbocycles. The smallest absolute Gasteiger partial charge is 0.334 e. The zero-order valence-electron chi connectivity index (χ0n) is 21.3. The van der Waals surface area contributed by atoms with Crippen LogP contribution in [0.1, 0.15) is 50.8 Å². The number of pyridine rings is 1. The summed E-state index contributed by atoms with van der Waals surface area (Å²) < 4.78 is 5.85. The minimum Gasteiger partial charge on any atom is -0.334 e. The van der Waals surface area contributed by atoms with Crippen molar-refractivity contribution in [2.45, 2.75) is 59.0 Å². The van der Waals surface area contributed by atoms with Gasteiger partial charge in [0.25, 0.3) is 0 Å². The Morgan fingerprint density at radius 3 is 2.57 bits per heavy atom. The molecule has 4 aromatic heterocycles. The SMILES string of the molecule is CCCCc1cn(-c2cccn2CCCC)c(=O)n1Cc1cnccc1-c1ccccc1-c1nnn[nH]1. The van der Waals surface area contributed by atoms with Crippen molar-refractivity contribution in [3.8, 4) is 28.3 Å². The normalized spacial score (nSPS) is 11.3. The molecular weight excluding hydrogens is 464 g/mol. The molecule has 0 saturated carbocycles. The summed E-state index contributed by atoms with van der Waals surface area (Å²) in [6.07, 6.45) is 12.8. The molecule has 9 heteroatoms. The molecule has 0 fully saturated rings. The summed E-state index contributed by atoms with van der Waals surface area (Å²) >= 11 is 0. The molecule has 0 saturated heterocycles. The molecule has 0 atom stereocenters. The van der Waals surface area contributed by atoms with Gasteiger partial charge in [0.05, 0.1) is 6.54 Å². The molecular formula is C28H32N8O. The summed E-state index contributed by atoms with van der Waals surface area (Å²) in [7, 11) is 0. The molecule has 0 radical (unpaired) electrons. The average molecular weight is 497 g/mol. The topological polar surface area (TPSA) is 99.2 Å². The second kappa shape index (κ2) is 11.2. The minimum absolute atomic E-state index is 0.0370. The van der Waals surface area contributed by atoms with Crippen molar-refractivity contribution in [3.05, 3.63) is 89.0 Å². The Morgan fingerprint density at radius 1 is 0.946 bits per heavy atom. The van der Waals surface area contributed by atoms with Crippen molar-refractivity contribution in [3.63, 3.8) is 0 Å². The standard InChI is InChI=1S/C28H32N8O/c1-3-5-10-22-20-36(26-13-9-17-34(26)16-6-4-2)28(37)35(22)19-21-18-29-15-14-23(21)24-11-7-8-12-25(24)27-30-32-33-31-27/h7-9,11-15,17-18,20H,3-6,10,16,19H2,1-2H3,(H,30,31,32,33). The third kappa shape index (κ3) is 5.02. The van der Waals surface area contributed by atoms with Gasteiger partial charge in [-0.2, -0.15) is 0 Å². The van der Waals surface area contributed by atoms with Crippen molar-refractivity contribution >= 4 is 0 Å². The van der Waals surface area contributed by atoms with Crippen LogP contribution in [-0.2, 0) is 19.5 Å². The molecule has 0 aliphatic carbocycles. The Labute approximate surface area is 215 Å². The number of aromatic nitrogens is 8. The molecule has 0 amide bonds. The lowest BCUT2D eigenvalue weighted by atomic mass is 9.96. The van der Waals surface area contributed by atoms with E-state index in [-0.39, 0.29) is 5.69 Å². The summed E-state index contributed by atoms with van der Waals surface area (Å²) in [5.74, 6) is 1.50. The number of nitrogens with one attached hydrogen (secondary N) is 1. The minimum atomic E-state index is -0.0370. The first-order chi connectivity index (χ1) is 18.2. The highest BCUT2D eigenvalue weighted by Crippen LogP contribution is 2.32. The Morgan fingerprint density at radius 2 is 1.78 bits per heavy atom. The van der Waals surface area contributed by atoms with Gasteiger partial charge in [0.15, 0.2) is 5.82 Å². The average Bonchev–Trinajstić information content (AvgIpc) is 3.69. The third-order valence-corrected chi connectivity index (χ3v) is 6.70. The van der Waals surface area contributed by atoms with Gasteiger partial charge in [-0.25, -0.2) is 9.89 Å².